The molecular weight excluding hydrogens is 707 g/mol. The molecule has 0 fully saturated rings. The van der Waals surface area contributed by atoms with Crippen LogP contribution in [0.25, 0.3) is 0 Å². The van der Waals surface area contributed by atoms with E-state index in [0.717, 1.165) is 0 Å². The maximum absolute atomic E-state index is 9.83. The van der Waals surface area contributed by atoms with Gasteiger partial charge in [0.2, 0.25) is 0 Å². The van der Waals surface area contributed by atoms with Gasteiger partial charge in [0, 0.05) is 60.8 Å². The van der Waals surface area contributed by atoms with Gasteiger partial charge in [-0.25, -0.2) is 47.9 Å². The Bertz CT molecular complexity index is 958. The number of carboxylic acids is 5. The number of carbonyl (C=O) groups is 10. The van der Waals surface area contributed by atoms with Crippen LogP contribution in [0.5, 0.6) is 0 Å². The Morgan fingerprint density at radius 2 is 0.426 bits per heavy atom. The minimum Gasteiger partial charge on any atom is -0.661 e. The molecular formula is C20H15AlCaO25. The molecule has 0 unspecified atom stereocenters. The maximum atomic E-state index is 9.83. The summed E-state index contributed by atoms with van der Waals surface area (Å²) in [6.45, 7) is 0. The Balaban J connectivity index is -0.0000000842. The third-order valence-corrected chi connectivity index (χ3v) is 2.22. The van der Waals surface area contributed by atoms with Crippen LogP contribution in [0.1, 0.15) is 0 Å². The molecule has 0 aliphatic carbocycles. The van der Waals surface area contributed by atoms with Crippen molar-refractivity contribution in [3.8, 4) is 0 Å². The first kappa shape index (κ1) is 57.6. The van der Waals surface area contributed by atoms with Crippen molar-refractivity contribution >= 4 is 115 Å². The number of aliphatic carboxylic acids is 5. The van der Waals surface area contributed by atoms with Crippen LogP contribution in [-0.2, 0) is 72.4 Å². The Labute approximate surface area is 298 Å². The van der Waals surface area contributed by atoms with Crippen LogP contribution in [-0.4, -0.2) is 140 Å². The molecule has 27 heteroatoms. The molecule has 0 saturated heterocycles. The van der Waals surface area contributed by atoms with Gasteiger partial charge in [0.25, 0.3) is 0 Å². The molecule has 0 spiro atoms. The third kappa shape index (κ3) is 69.3. The fourth-order valence-electron chi connectivity index (χ4n) is 0.836. The van der Waals surface area contributed by atoms with Crippen molar-refractivity contribution in [2.75, 3.05) is 0 Å². The van der Waals surface area contributed by atoms with Crippen LogP contribution in [0.4, 0.5) is 0 Å². The van der Waals surface area contributed by atoms with Crippen LogP contribution >= 0.6 is 0 Å². The van der Waals surface area contributed by atoms with Crippen LogP contribution in [0, 0.1) is 0 Å². The quantitative estimate of drug-likeness (QED) is 0.0604. The zero-order valence-corrected chi connectivity index (χ0v) is 25.8. The fourth-order valence-corrected chi connectivity index (χ4v) is 0.836. The van der Waals surface area contributed by atoms with Gasteiger partial charge in [0.15, 0.2) is 0 Å². The zero-order chi connectivity index (χ0) is 36.4. The molecule has 0 rings (SSSR count). The molecule has 0 aliphatic heterocycles. The molecule has 250 valence electrons. The van der Waals surface area contributed by atoms with Gasteiger partial charge in [-0.15, -0.1) is 0 Å². The summed E-state index contributed by atoms with van der Waals surface area (Å²) in [5.74, 6) is -12.6. The molecule has 5 N–H and O–H groups in total. The Morgan fingerprint density at radius 3 is 0.489 bits per heavy atom. The normalized spacial score (nSPS) is 9.04. The smallest absolute Gasteiger partial charge is 0.661 e. The molecule has 0 atom stereocenters. The summed E-state index contributed by atoms with van der Waals surface area (Å²) >= 11 is 0. The molecule has 0 aromatic heterocycles. The molecule has 0 saturated carbocycles. The fraction of sp³-hybridized carbons (Fsp3) is 0. The first-order chi connectivity index (χ1) is 20.8. The first-order valence-electron chi connectivity index (χ1n) is 9.57. The summed E-state index contributed by atoms with van der Waals surface area (Å²) in [7, 11) is 0. The molecule has 0 aliphatic rings. The van der Waals surface area contributed by atoms with E-state index in [1.54, 1.807) is 0 Å². The summed E-state index contributed by atoms with van der Waals surface area (Å²) in [6, 6.07) is 0. The van der Waals surface area contributed by atoms with E-state index in [4.69, 9.17) is 51.8 Å². The van der Waals surface area contributed by atoms with Gasteiger partial charge >= 0.3 is 115 Å². The minimum absolute atomic E-state index is 0. The first-order valence-corrected chi connectivity index (χ1v) is 9.57. The van der Waals surface area contributed by atoms with Gasteiger partial charge in [-0.1, -0.05) is 0 Å². The van der Waals surface area contributed by atoms with Crippen molar-refractivity contribution in [3.05, 3.63) is 60.8 Å². The molecule has 47 heavy (non-hydrogen) atoms. The van der Waals surface area contributed by atoms with Gasteiger partial charge in [0.05, 0.1) is 0 Å². The number of rotatable bonds is 10. The molecule has 0 heterocycles. The average molecular weight is 722 g/mol. The van der Waals surface area contributed by atoms with E-state index in [0.29, 0.717) is 60.8 Å². The summed E-state index contributed by atoms with van der Waals surface area (Å²) in [4.78, 5) is 112. The van der Waals surface area contributed by atoms with E-state index in [2.05, 4.69) is 24.4 Å². The van der Waals surface area contributed by atoms with Gasteiger partial charge in [-0.3, -0.25) is 0 Å². The topological polar surface area (TPSA) is 433 Å². The van der Waals surface area contributed by atoms with Crippen molar-refractivity contribution < 1.29 is 124 Å². The van der Waals surface area contributed by atoms with Crippen molar-refractivity contribution in [2.24, 2.45) is 0 Å². The van der Waals surface area contributed by atoms with Crippen LogP contribution < -0.4 is 26.3 Å². The predicted octanol–water partition coefficient (Wildman–Crippen LogP) is -8.53. The van der Waals surface area contributed by atoms with Crippen molar-refractivity contribution in [1.29, 1.82) is 0 Å². The van der Waals surface area contributed by atoms with Gasteiger partial charge in [-0.05, 0) is 0 Å². The van der Waals surface area contributed by atoms with Gasteiger partial charge < -0.3 is 76.3 Å². The van der Waals surface area contributed by atoms with Crippen LogP contribution in [0.3, 0.4) is 0 Å². The second kappa shape index (κ2) is 41.0. The summed E-state index contributed by atoms with van der Waals surface area (Å²) < 4.78 is 0. The number of carbonyl (C=O) groups excluding carboxylic acids is 5. The van der Waals surface area contributed by atoms with Crippen LogP contribution in [0.15, 0.2) is 60.8 Å². The van der Waals surface area contributed by atoms with E-state index < -0.39 is 59.7 Å². The largest absolute Gasteiger partial charge is 3.00 e. The monoisotopic (exact) mass is 722 g/mol. The van der Waals surface area contributed by atoms with Crippen molar-refractivity contribution in [3.63, 3.8) is 0 Å². The number of carboxylic acid groups (broad SMARTS) is 5. The Morgan fingerprint density at radius 1 is 0.319 bits per heavy atom. The van der Waals surface area contributed by atoms with E-state index in [1.165, 1.54) is 0 Å². The second-order valence-corrected chi connectivity index (χ2v) is 5.37. The average Bonchev–Trinajstić information content (AvgIpc) is 2.99. The van der Waals surface area contributed by atoms with Crippen molar-refractivity contribution in [1.82, 2.24) is 0 Å². The van der Waals surface area contributed by atoms with E-state index in [1.807, 2.05) is 0 Å². The Hall–Kier alpha value is -5.01. The molecule has 0 aromatic rings. The standard InChI is InChI=1S/5C4H4O5.Al.Ca/c5*5-3(6)1-2-4(7)9-8;;/h5*1-2,8H,(H,5,6);;/q;;;;;+3;+2/p-5. The maximum Gasteiger partial charge on any atom is 3.00 e. The van der Waals surface area contributed by atoms with Gasteiger partial charge in [0.1, 0.15) is 0 Å². The predicted molar refractivity (Wildman–Crippen MR) is 126 cm³/mol. The van der Waals surface area contributed by atoms with Gasteiger partial charge in [-0.2, -0.15) is 0 Å². The zero-order valence-electron chi connectivity index (χ0n) is 22.5. The number of hydrogen-bond acceptors (Lipinski definition) is 20. The summed E-state index contributed by atoms with van der Waals surface area (Å²) in [5, 5.41) is 85.0. The van der Waals surface area contributed by atoms with Crippen LogP contribution in [0.2, 0.25) is 0 Å². The second-order valence-electron chi connectivity index (χ2n) is 5.37. The SMILES string of the molecule is O=C(O)C=CC(=O)O[O-].O=C(O)C=CC(=O)O[O-].O=C(O)C=CC(=O)O[O-].O=C(O)C=CC(=O)O[O-].O=C(O)C=CC(=O)O[O-].[Al+3].[Ca+2]. The van der Waals surface area contributed by atoms with Crippen molar-refractivity contribution in [2.45, 2.75) is 0 Å². The van der Waals surface area contributed by atoms with E-state index in [-0.39, 0.29) is 55.1 Å². The van der Waals surface area contributed by atoms with E-state index >= 15 is 0 Å². The summed E-state index contributed by atoms with van der Waals surface area (Å²) in [6.07, 6.45) is 5.19. The molecule has 0 radical (unpaired) electrons. The molecule has 0 amide bonds. The minimum atomic E-state index is -1.31. The molecule has 0 aromatic carbocycles. The summed E-state index contributed by atoms with van der Waals surface area (Å²) in [5.41, 5.74) is 0. The number of hydrogen-bond donors (Lipinski definition) is 5. The van der Waals surface area contributed by atoms with E-state index in [9.17, 15) is 47.9 Å². The Kier molecular flexibility index (Phi) is 50.3. The molecule has 0 bridgehead atoms. The molecule has 25 nitrogen and oxygen atoms in total. The third-order valence-electron chi connectivity index (χ3n) is 2.22.